The van der Waals surface area contributed by atoms with Crippen LogP contribution in [0.1, 0.15) is 4.88 Å². The van der Waals surface area contributed by atoms with Gasteiger partial charge in [-0.25, -0.2) is 0 Å². The highest BCUT2D eigenvalue weighted by atomic mass is 35.5. The van der Waals surface area contributed by atoms with Crippen LogP contribution in [0.15, 0.2) is 30.3 Å². The third-order valence-electron chi connectivity index (χ3n) is 2.35. The molecule has 2 nitrogen and oxygen atoms in total. The van der Waals surface area contributed by atoms with Crippen molar-refractivity contribution in [2.45, 2.75) is 6.42 Å². The van der Waals surface area contributed by atoms with Gasteiger partial charge in [0.2, 0.25) is 0 Å². The maximum absolute atomic E-state index is 6.05. The molecule has 0 spiro atoms. The maximum atomic E-state index is 6.05. The number of hydrogen-bond acceptors (Lipinski definition) is 3. The highest BCUT2D eigenvalue weighted by Gasteiger charge is 2.04. The SMILES string of the molecule is Nc1cccc(Cl)c1NCCc1ccc(Cl)s1. The van der Waals surface area contributed by atoms with E-state index in [2.05, 4.69) is 5.32 Å². The van der Waals surface area contributed by atoms with Crippen molar-refractivity contribution in [2.75, 3.05) is 17.6 Å². The summed E-state index contributed by atoms with van der Waals surface area (Å²) < 4.78 is 0.817. The molecule has 1 aromatic heterocycles. The van der Waals surface area contributed by atoms with E-state index in [4.69, 9.17) is 28.9 Å². The molecule has 0 radical (unpaired) electrons. The van der Waals surface area contributed by atoms with Crippen molar-refractivity contribution in [1.82, 2.24) is 0 Å². The first-order chi connectivity index (χ1) is 8.16. The van der Waals surface area contributed by atoms with E-state index in [-0.39, 0.29) is 0 Å². The highest BCUT2D eigenvalue weighted by molar-refractivity contribution is 7.16. The second-order valence-corrected chi connectivity index (χ2v) is 5.79. The van der Waals surface area contributed by atoms with Crippen molar-refractivity contribution in [3.05, 3.63) is 44.6 Å². The van der Waals surface area contributed by atoms with Crippen molar-refractivity contribution < 1.29 is 0 Å². The zero-order chi connectivity index (χ0) is 12.3. The van der Waals surface area contributed by atoms with Crippen LogP contribution in [0.5, 0.6) is 0 Å². The van der Waals surface area contributed by atoms with Crippen LogP contribution in [0.25, 0.3) is 0 Å². The molecule has 90 valence electrons. The van der Waals surface area contributed by atoms with E-state index >= 15 is 0 Å². The summed E-state index contributed by atoms with van der Waals surface area (Å²) in [6, 6.07) is 9.43. The quantitative estimate of drug-likeness (QED) is 0.823. The molecule has 0 saturated heterocycles. The number of benzene rings is 1. The minimum Gasteiger partial charge on any atom is -0.397 e. The second-order valence-electron chi connectivity index (χ2n) is 3.59. The molecule has 1 aromatic carbocycles. The van der Waals surface area contributed by atoms with E-state index in [0.717, 1.165) is 23.0 Å². The molecule has 1 heterocycles. The molecule has 0 saturated carbocycles. The molecular weight excluding hydrogens is 275 g/mol. The van der Waals surface area contributed by atoms with E-state index in [0.29, 0.717) is 10.7 Å². The zero-order valence-corrected chi connectivity index (χ0v) is 11.4. The Kier molecular flexibility index (Phi) is 4.15. The number of para-hydroxylation sites is 1. The van der Waals surface area contributed by atoms with Gasteiger partial charge in [0.25, 0.3) is 0 Å². The summed E-state index contributed by atoms with van der Waals surface area (Å²) in [7, 11) is 0. The second kappa shape index (κ2) is 5.63. The third kappa shape index (κ3) is 3.28. The van der Waals surface area contributed by atoms with E-state index in [1.54, 1.807) is 11.3 Å². The first kappa shape index (κ1) is 12.6. The van der Waals surface area contributed by atoms with E-state index in [9.17, 15) is 0 Å². The van der Waals surface area contributed by atoms with E-state index < -0.39 is 0 Å². The van der Waals surface area contributed by atoms with Gasteiger partial charge in [-0.15, -0.1) is 11.3 Å². The molecule has 0 amide bonds. The molecule has 5 heteroatoms. The molecule has 2 rings (SSSR count). The largest absolute Gasteiger partial charge is 0.397 e. The zero-order valence-electron chi connectivity index (χ0n) is 9.04. The van der Waals surface area contributed by atoms with Crippen molar-refractivity contribution in [2.24, 2.45) is 0 Å². The average Bonchev–Trinajstić information content (AvgIpc) is 2.69. The molecule has 3 N–H and O–H groups in total. The summed E-state index contributed by atoms with van der Waals surface area (Å²) in [5.74, 6) is 0. The summed E-state index contributed by atoms with van der Waals surface area (Å²) in [4.78, 5) is 1.24. The third-order valence-corrected chi connectivity index (χ3v) is 3.95. The van der Waals surface area contributed by atoms with Crippen molar-refractivity contribution in [3.8, 4) is 0 Å². The van der Waals surface area contributed by atoms with Crippen LogP contribution >= 0.6 is 34.5 Å². The molecule has 17 heavy (non-hydrogen) atoms. The lowest BCUT2D eigenvalue weighted by molar-refractivity contribution is 1.05. The topological polar surface area (TPSA) is 38.0 Å². The summed E-state index contributed by atoms with van der Waals surface area (Å²) in [6.07, 6.45) is 0.905. The van der Waals surface area contributed by atoms with Gasteiger partial charge in [0, 0.05) is 11.4 Å². The summed E-state index contributed by atoms with van der Waals surface area (Å²) in [6.45, 7) is 0.783. The molecule has 0 atom stereocenters. The van der Waals surface area contributed by atoms with Crippen LogP contribution in [-0.4, -0.2) is 6.54 Å². The van der Waals surface area contributed by atoms with Gasteiger partial charge in [0.15, 0.2) is 0 Å². The summed E-state index contributed by atoms with van der Waals surface area (Å²) in [5, 5.41) is 3.89. The van der Waals surface area contributed by atoms with Gasteiger partial charge in [-0.3, -0.25) is 0 Å². The van der Waals surface area contributed by atoms with Crippen LogP contribution in [0.3, 0.4) is 0 Å². The number of rotatable bonds is 4. The van der Waals surface area contributed by atoms with Crippen molar-refractivity contribution >= 4 is 45.9 Å². The minimum atomic E-state index is 0.647. The van der Waals surface area contributed by atoms with Crippen LogP contribution < -0.4 is 11.1 Å². The van der Waals surface area contributed by atoms with Gasteiger partial charge in [-0.2, -0.15) is 0 Å². The molecule has 0 bridgehead atoms. The lowest BCUT2D eigenvalue weighted by atomic mass is 10.2. The fourth-order valence-electron chi connectivity index (χ4n) is 1.52. The van der Waals surface area contributed by atoms with Crippen molar-refractivity contribution in [3.63, 3.8) is 0 Å². The van der Waals surface area contributed by atoms with Crippen LogP contribution in [0, 0.1) is 0 Å². The fraction of sp³-hybridized carbons (Fsp3) is 0.167. The molecule has 0 aliphatic heterocycles. The van der Waals surface area contributed by atoms with Gasteiger partial charge in [0.05, 0.1) is 20.7 Å². The monoisotopic (exact) mass is 286 g/mol. The maximum Gasteiger partial charge on any atom is 0.0931 e. The Morgan fingerprint density at radius 1 is 1.18 bits per heavy atom. The smallest absolute Gasteiger partial charge is 0.0931 e. The first-order valence-corrected chi connectivity index (χ1v) is 6.76. The Hall–Kier alpha value is -0.900. The lowest BCUT2D eigenvalue weighted by Gasteiger charge is -2.10. The number of halogens is 2. The molecule has 0 fully saturated rings. The number of anilines is 2. The normalized spacial score (nSPS) is 10.5. The number of thiophene rings is 1. The summed E-state index contributed by atoms with van der Waals surface area (Å²) >= 11 is 13.5. The Morgan fingerprint density at radius 3 is 2.65 bits per heavy atom. The molecule has 0 aliphatic carbocycles. The van der Waals surface area contributed by atoms with Gasteiger partial charge in [-0.1, -0.05) is 29.3 Å². The van der Waals surface area contributed by atoms with E-state index in [1.807, 2.05) is 30.3 Å². The average molecular weight is 287 g/mol. The predicted molar refractivity (Wildman–Crippen MR) is 77.4 cm³/mol. The predicted octanol–water partition coefficient (Wildman–Crippen LogP) is 4.29. The summed E-state index contributed by atoms with van der Waals surface area (Å²) in [5.41, 5.74) is 7.31. The van der Waals surface area contributed by atoms with Gasteiger partial charge in [0.1, 0.15) is 0 Å². The van der Waals surface area contributed by atoms with Crippen LogP contribution in [-0.2, 0) is 6.42 Å². The minimum absolute atomic E-state index is 0.647. The van der Waals surface area contributed by atoms with Gasteiger partial charge >= 0.3 is 0 Å². The highest BCUT2D eigenvalue weighted by Crippen LogP contribution is 2.28. The Balaban J connectivity index is 1.94. The Bertz CT molecular complexity index is 491. The Labute approximate surface area is 114 Å². The standard InChI is InChI=1S/C12H12Cl2N2S/c13-9-2-1-3-10(15)12(9)16-7-6-8-4-5-11(14)17-8/h1-5,16H,6-7,15H2. The molecule has 2 aromatic rings. The van der Waals surface area contributed by atoms with Crippen molar-refractivity contribution in [1.29, 1.82) is 0 Å². The fourth-order valence-corrected chi connectivity index (χ4v) is 2.86. The number of nitrogens with two attached hydrogens (primary N) is 1. The van der Waals surface area contributed by atoms with Gasteiger partial charge in [-0.05, 0) is 30.7 Å². The number of hydrogen-bond donors (Lipinski definition) is 2. The lowest BCUT2D eigenvalue weighted by Crippen LogP contribution is -2.06. The number of nitrogen functional groups attached to an aromatic ring is 1. The van der Waals surface area contributed by atoms with E-state index in [1.165, 1.54) is 4.88 Å². The first-order valence-electron chi connectivity index (χ1n) is 5.19. The molecular formula is C12H12Cl2N2S. The molecule has 0 unspecified atom stereocenters. The number of nitrogens with one attached hydrogen (secondary N) is 1. The molecule has 0 aliphatic rings. The van der Waals surface area contributed by atoms with Crippen LogP contribution in [0.4, 0.5) is 11.4 Å². The Morgan fingerprint density at radius 2 is 2.00 bits per heavy atom. The van der Waals surface area contributed by atoms with Crippen LogP contribution in [0.2, 0.25) is 9.36 Å². The van der Waals surface area contributed by atoms with Gasteiger partial charge < -0.3 is 11.1 Å².